The van der Waals surface area contributed by atoms with Crippen molar-refractivity contribution < 1.29 is 41.7 Å². The molecule has 12 nitrogen and oxygen atoms in total. The summed E-state index contributed by atoms with van der Waals surface area (Å²) in [6, 6.07) is 15.0. The van der Waals surface area contributed by atoms with Gasteiger partial charge in [0, 0.05) is 24.2 Å². The molecule has 0 bridgehead atoms. The van der Waals surface area contributed by atoms with Gasteiger partial charge in [0.25, 0.3) is 10.0 Å². The smallest absolute Gasteiger partial charge is 0.265 e. The molecule has 2 amide bonds. The first kappa shape index (κ1) is 36.8. The Balaban J connectivity index is 2.20. The van der Waals surface area contributed by atoms with Gasteiger partial charge in [0.1, 0.15) is 29.8 Å². The van der Waals surface area contributed by atoms with E-state index in [9.17, 15) is 18.0 Å². The lowest BCUT2D eigenvalue weighted by atomic mass is 10.1. The van der Waals surface area contributed by atoms with E-state index in [4.69, 9.17) is 23.7 Å². The van der Waals surface area contributed by atoms with Crippen LogP contribution in [-0.4, -0.2) is 78.8 Å². The maximum atomic E-state index is 14.5. The standard InChI is InChI=1S/C34H45N3O9S/c1-10-27(33(39)35-34(2,3)4)36(21-23-11-13-24(42-5)14-12-23)32(38)22-37(28-19-25(43-6)15-17-29(28)44-7)47(40,41)26-16-18-30(45-8)31(20-26)46-9/h11-20,27H,10,21-22H2,1-9H3,(H,35,39)/t27-/m0/s1. The zero-order valence-corrected chi connectivity index (χ0v) is 29.3. The van der Waals surface area contributed by atoms with Gasteiger partial charge in [-0.25, -0.2) is 8.42 Å². The topological polar surface area (TPSA) is 133 Å². The Hall–Kier alpha value is -4.65. The van der Waals surface area contributed by atoms with Crippen LogP contribution < -0.4 is 33.3 Å². The second-order valence-corrected chi connectivity index (χ2v) is 13.5. The minimum absolute atomic E-state index is 0.0262. The Kier molecular flexibility index (Phi) is 12.3. The van der Waals surface area contributed by atoms with Crippen molar-refractivity contribution in [3.05, 3.63) is 66.2 Å². The number of methoxy groups -OCH3 is 5. The lowest BCUT2D eigenvalue weighted by Crippen LogP contribution is -2.55. The van der Waals surface area contributed by atoms with E-state index in [-0.39, 0.29) is 41.0 Å². The number of benzene rings is 3. The van der Waals surface area contributed by atoms with Crippen molar-refractivity contribution in [2.24, 2.45) is 0 Å². The largest absolute Gasteiger partial charge is 0.497 e. The van der Waals surface area contributed by atoms with Crippen LogP contribution in [0.1, 0.15) is 39.7 Å². The number of amides is 2. The minimum Gasteiger partial charge on any atom is -0.497 e. The third kappa shape index (κ3) is 9.00. The van der Waals surface area contributed by atoms with Crippen LogP contribution in [-0.2, 0) is 26.2 Å². The summed E-state index contributed by atoms with van der Waals surface area (Å²) in [5.74, 6) is 0.675. The summed E-state index contributed by atoms with van der Waals surface area (Å²) >= 11 is 0. The summed E-state index contributed by atoms with van der Waals surface area (Å²) in [5.41, 5.74) is 0.205. The monoisotopic (exact) mass is 671 g/mol. The molecular formula is C34H45N3O9S. The SMILES string of the molecule is CC[C@@H](C(=O)NC(C)(C)C)N(Cc1ccc(OC)cc1)C(=O)CN(c1cc(OC)ccc1OC)S(=O)(=O)c1ccc(OC)c(OC)c1. The van der Waals surface area contributed by atoms with Gasteiger partial charge < -0.3 is 33.9 Å². The molecule has 0 unspecified atom stereocenters. The predicted octanol–water partition coefficient (Wildman–Crippen LogP) is 4.65. The molecule has 0 aliphatic heterocycles. The Morgan fingerprint density at radius 1 is 0.766 bits per heavy atom. The molecule has 0 aliphatic carbocycles. The van der Waals surface area contributed by atoms with E-state index < -0.39 is 34.1 Å². The van der Waals surface area contributed by atoms with Crippen molar-refractivity contribution in [1.29, 1.82) is 0 Å². The average Bonchev–Trinajstić information content (AvgIpc) is 3.05. The lowest BCUT2D eigenvalue weighted by Gasteiger charge is -2.35. The fraction of sp³-hybridized carbons (Fsp3) is 0.412. The van der Waals surface area contributed by atoms with Gasteiger partial charge in [0.2, 0.25) is 11.8 Å². The summed E-state index contributed by atoms with van der Waals surface area (Å²) in [4.78, 5) is 29.3. The summed E-state index contributed by atoms with van der Waals surface area (Å²) < 4.78 is 56.8. The van der Waals surface area contributed by atoms with Gasteiger partial charge in [-0.15, -0.1) is 0 Å². The number of carbonyl (C=O) groups excluding carboxylic acids is 2. The number of carbonyl (C=O) groups is 2. The number of rotatable bonds is 15. The van der Waals surface area contributed by atoms with Gasteiger partial charge in [-0.3, -0.25) is 13.9 Å². The number of hydrogen-bond donors (Lipinski definition) is 1. The minimum atomic E-state index is -4.46. The molecule has 1 atom stereocenters. The number of hydrogen-bond acceptors (Lipinski definition) is 9. The summed E-state index contributed by atoms with van der Waals surface area (Å²) in [5, 5.41) is 2.96. The van der Waals surface area contributed by atoms with Crippen molar-refractivity contribution in [2.45, 2.75) is 57.1 Å². The van der Waals surface area contributed by atoms with Crippen LogP contribution in [0, 0.1) is 0 Å². The van der Waals surface area contributed by atoms with Crippen LogP contribution in [0.25, 0.3) is 0 Å². The van der Waals surface area contributed by atoms with E-state index in [0.717, 1.165) is 9.87 Å². The summed E-state index contributed by atoms with van der Waals surface area (Å²) in [6.45, 7) is 6.69. The first-order chi connectivity index (χ1) is 22.2. The fourth-order valence-corrected chi connectivity index (χ4v) is 6.34. The van der Waals surface area contributed by atoms with Crippen LogP contribution in [0.15, 0.2) is 65.6 Å². The lowest BCUT2D eigenvalue weighted by molar-refractivity contribution is -0.141. The molecule has 47 heavy (non-hydrogen) atoms. The van der Waals surface area contributed by atoms with Crippen molar-refractivity contribution in [1.82, 2.24) is 10.2 Å². The number of anilines is 1. The maximum absolute atomic E-state index is 14.5. The van der Waals surface area contributed by atoms with Crippen LogP contribution in [0.2, 0.25) is 0 Å². The number of ether oxygens (including phenoxy) is 5. The molecule has 13 heteroatoms. The van der Waals surface area contributed by atoms with E-state index >= 15 is 0 Å². The first-order valence-electron chi connectivity index (χ1n) is 14.9. The molecule has 3 aromatic rings. The summed E-state index contributed by atoms with van der Waals surface area (Å²) in [6.07, 6.45) is 0.273. The molecule has 0 aliphatic rings. The highest BCUT2D eigenvalue weighted by Crippen LogP contribution is 2.38. The Morgan fingerprint density at radius 2 is 1.34 bits per heavy atom. The Labute approximate surface area is 277 Å². The third-order valence-electron chi connectivity index (χ3n) is 7.27. The van der Waals surface area contributed by atoms with Crippen molar-refractivity contribution in [3.8, 4) is 28.7 Å². The molecule has 256 valence electrons. The predicted molar refractivity (Wildman–Crippen MR) is 179 cm³/mol. The van der Waals surface area contributed by atoms with Gasteiger partial charge in [0.05, 0.1) is 46.1 Å². The maximum Gasteiger partial charge on any atom is 0.265 e. The highest BCUT2D eigenvalue weighted by atomic mass is 32.2. The Morgan fingerprint density at radius 3 is 1.87 bits per heavy atom. The summed E-state index contributed by atoms with van der Waals surface area (Å²) in [7, 11) is 2.76. The molecule has 3 aromatic carbocycles. The molecule has 0 saturated heterocycles. The van der Waals surface area contributed by atoms with Crippen LogP contribution in [0.5, 0.6) is 28.7 Å². The van der Waals surface area contributed by atoms with Crippen molar-refractivity contribution >= 4 is 27.5 Å². The van der Waals surface area contributed by atoms with Crippen LogP contribution in [0.4, 0.5) is 5.69 Å². The second-order valence-electron chi connectivity index (χ2n) is 11.6. The van der Waals surface area contributed by atoms with Crippen LogP contribution in [0.3, 0.4) is 0 Å². The zero-order valence-electron chi connectivity index (χ0n) is 28.4. The average molecular weight is 672 g/mol. The van der Waals surface area contributed by atoms with Crippen LogP contribution >= 0.6 is 0 Å². The Bertz CT molecular complexity index is 1640. The molecule has 1 N–H and O–H groups in total. The zero-order chi connectivity index (χ0) is 34.9. The highest BCUT2D eigenvalue weighted by Gasteiger charge is 2.36. The van der Waals surface area contributed by atoms with Gasteiger partial charge in [-0.1, -0.05) is 19.1 Å². The second kappa shape index (κ2) is 15.8. The quantitative estimate of drug-likeness (QED) is 0.245. The van der Waals surface area contributed by atoms with E-state index in [2.05, 4.69) is 5.32 Å². The normalized spacial score (nSPS) is 12.0. The van der Waals surface area contributed by atoms with Gasteiger partial charge in [0.15, 0.2) is 11.5 Å². The number of nitrogens with one attached hydrogen (secondary N) is 1. The van der Waals surface area contributed by atoms with E-state index in [1.807, 2.05) is 20.8 Å². The molecule has 0 aromatic heterocycles. The molecule has 0 spiro atoms. The molecule has 0 fully saturated rings. The van der Waals surface area contributed by atoms with E-state index in [1.165, 1.54) is 57.6 Å². The van der Waals surface area contributed by atoms with Gasteiger partial charge in [-0.2, -0.15) is 0 Å². The number of nitrogens with zero attached hydrogens (tertiary/aromatic N) is 2. The fourth-order valence-electron chi connectivity index (χ4n) is 4.91. The van der Waals surface area contributed by atoms with E-state index in [1.54, 1.807) is 50.4 Å². The van der Waals surface area contributed by atoms with Gasteiger partial charge in [-0.05, 0) is 69.2 Å². The highest BCUT2D eigenvalue weighted by molar-refractivity contribution is 7.92. The van der Waals surface area contributed by atoms with Gasteiger partial charge >= 0.3 is 0 Å². The molecule has 0 heterocycles. The molecular weight excluding hydrogens is 626 g/mol. The van der Waals surface area contributed by atoms with Crippen molar-refractivity contribution in [2.75, 3.05) is 46.4 Å². The molecule has 3 rings (SSSR count). The first-order valence-corrected chi connectivity index (χ1v) is 16.4. The molecule has 0 saturated carbocycles. The van der Waals surface area contributed by atoms with E-state index in [0.29, 0.717) is 17.2 Å². The third-order valence-corrected chi connectivity index (χ3v) is 9.03. The number of sulfonamides is 1. The van der Waals surface area contributed by atoms with Crippen molar-refractivity contribution in [3.63, 3.8) is 0 Å². The molecule has 0 radical (unpaired) electrons.